The summed E-state index contributed by atoms with van der Waals surface area (Å²) in [6, 6.07) is 8.77. The van der Waals surface area contributed by atoms with Crippen molar-refractivity contribution in [1.29, 1.82) is 0 Å². The topological polar surface area (TPSA) is 58.4 Å². The van der Waals surface area contributed by atoms with Crippen molar-refractivity contribution >= 4 is 11.8 Å². The number of hydrogen-bond acceptors (Lipinski definition) is 4. The molecule has 134 valence electrons. The molecule has 1 N–H and O–H groups in total. The number of nitrogens with one attached hydrogen (secondary N) is 1. The van der Waals surface area contributed by atoms with Crippen molar-refractivity contribution in [3.63, 3.8) is 0 Å². The summed E-state index contributed by atoms with van der Waals surface area (Å²) in [5, 5.41) is 6.74. The number of anilines is 1. The van der Waals surface area contributed by atoms with Crippen molar-refractivity contribution in [2.24, 2.45) is 0 Å². The molecule has 5 nitrogen and oxygen atoms in total. The van der Waals surface area contributed by atoms with Crippen LogP contribution in [0.25, 0.3) is 0 Å². The molecule has 0 aliphatic heterocycles. The second-order valence-electron chi connectivity index (χ2n) is 7.60. The van der Waals surface area contributed by atoms with Crippen LogP contribution in [-0.4, -0.2) is 28.6 Å². The molecule has 0 bridgehead atoms. The third-order valence-corrected chi connectivity index (χ3v) is 4.28. The number of benzene rings is 1. The number of hydrogen-bond donors (Lipinski definition) is 1. The number of aromatic nitrogens is 1. The zero-order valence-corrected chi connectivity index (χ0v) is 14.9. The molecule has 1 amide bonds. The van der Waals surface area contributed by atoms with Crippen molar-refractivity contribution in [3.05, 3.63) is 47.4 Å². The van der Waals surface area contributed by atoms with E-state index in [0.29, 0.717) is 24.0 Å². The van der Waals surface area contributed by atoms with Crippen LogP contribution in [0.2, 0.25) is 0 Å². The minimum Gasteiger partial charge on any atom is -0.338 e. The first-order chi connectivity index (χ1) is 11.8. The van der Waals surface area contributed by atoms with Gasteiger partial charge in [-0.15, -0.1) is 0 Å². The SMILES string of the molecule is CC(C)(C)c1cc(NC(=O)CN(Cc2ccccc2F)C2CC2)on1. The monoisotopic (exact) mass is 345 g/mol. The van der Waals surface area contributed by atoms with Gasteiger partial charge in [0.25, 0.3) is 0 Å². The molecule has 25 heavy (non-hydrogen) atoms. The van der Waals surface area contributed by atoms with Crippen molar-refractivity contribution in [2.75, 3.05) is 11.9 Å². The number of rotatable bonds is 6. The van der Waals surface area contributed by atoms with Gasteiger partial charge in [-0.2, -0.15) is 0 Å². The number of amides is 1. The van der Waals surface area contributed by atoms with E-state index in [-0.39, 0.29) is 23.7 Å². The summed E-state index contributed by atoms with van der Waals surface area (Å²) in [4.78, 5) is 14.4. The van der Waals surface area contributed by atoms with Gasteiger partial charge in [-0.3, -0.25) is 15.0 Å². The average Bonchev–Trinajstić information content (AvgIpc) is 3.27. The zero-order valence-electron chi connectivity index (χ0n) is 14.9. The molecule has 0 unspecified atom stereocenters. The molecule has 0 saturated heterocycles. The quantitative estimate of drug-likeness (QED) is 0.867. The summed E-state index contributed by atoms with van der Waals surface area (Å²) < 4.78 is 19.1. The lowest BCUT2D eigenvalue weighted by Crippen LogP contribution is -2.34. The van der Waals surface area contributed by atoms with Crippen LogP contribution in [0, 0.1) is 5.82 Å². The third-order valence-electron chi connectivity index (χ3n) is 4.28. The van der Waals surface area contributed by atoms with Gasteiger partial charge in [-0.05, 0) is 18.9 Å². The summed E-state index contributed by atoms with van der Waals surface area (Å²) in [5.41, 5.74) is 1.25. The van der Waals surface area contributed by atoms with E-state index in [0.717, 1.165) is 18.5 Å². The van der Waals surface area contributed by atoms with E-state index in [2.05, 4.69) is 10.5 Å². The molecule has 2 aromatic rings. The van der Waals surface area contributed by atoms with E-state index in [9.17, 15) is 9.18 Å². The van der Waals surface area contributed by atoms with Gasteiger partial charge in [0.05, 0.1) is 12.2 Å². The summed E-state index contributed by atoms with van der Waals surface area (Å²) in [7, 11) is 0. The number of nitrogens with zero attached hydrogens (tertiary/aromatic N) is 2. The number of carbonyl (C=O) groups excluding carboxylic acids is 1. The van der Waals surface area contributed by atoms with Crippen molar-refractivity contribution in [3.8, 4) is 0 Å². The molecular weight excluding hydrogens is 321 g/mol. The molecule has 0 atom stereocenters. The summed E-state index contributed by atoms with van der Waals surface area (Å²) in [6.07, 6.45) is 2.08. The van der Waals surface area contributed by atoms with Crippen LogP contribution in [0.4, 0.5) is 10.3 Å². The Morgan fingerprint density at radius 2 is 2.08 bits per heavy atom. The third kappa shape index (κ3) is 4.66. The maximum absolute atomic E-state index is 13.9. The fraction of sp³-hybridized carbons (Fsp3) is 0.474. The van der Waals surface area contributed by atoms with Gasteiger partial charge in [-0.25, -0.2) is 4.39 Å². The molecule has 1 fully saturated rings. The van der Waals surface area contributed by atoms with Gasteiger partial charge in [0, 0.05) is 29.6 Å². The van der Waals surface area contributed by atoms with Crippen LogP contribution in [0.5, 0.6) is 0 Å². The molecule has 0 radical (unpaired) electrons. The normalized spacial score (nSPS) is 14.8. The predicted molar refractivity (Wildman–Crippen MR) is 93.7 cm³/mol. The second kappa shape index (κ2) is 6.96. The minimum absolute atomic E-state index is 0.142. The van der Waals surface area contributed by atoms with E-state index in [1.807, 2.05) is 31.7 Å². The Labute approximate surface area is 147 Å². The Bertz CT molecular complexity index is 747. The largest absolute Gasteiger partial charge is 0.338 e. The first-order valence-corrected chi connectivity index (χ1v) is 8.57. The predicted octanol–water partition coefficient (Wildman–Crippen LogP) is 3.71. The lowest BCUT2D eigenvalue weighted by Gasteiger charge is -2.21. The molecule has 1 aromatic carbocycles. The lowest BCUT2D eigenvalue weighted by molar-refractivity contribution is -0.117. The standard InChI is InChI=1S/C19H24FN3O2/c1-19(2,3)16-10-18(25-22-16)21-17(24)12-23(14-8-9-14)11-13-6-4-5-7-15(13)20/h4-7,10,14H,8-9,11-12H2,1-3H3,(H,21,24). The summed E-state index contributed by atoms with van der Waals surface area (Å²) in [6.45, 7) is 6.71. The molecule has 1 aliphatic rings. The fourth-order valence-electron chi connectivity index (χ4n) is 2.65. The Kier molecular flexibility index (Phi) is 4.90. The molecule has 1 aromatic heterocycles. The van der Waals surface area contributed by atoms with Crippen LogP contribution < -0.4 is 5.32 Å². The van der Waals surface area contributed by atoms with Crippen LogP contribution in [0.15, 0.2) is 34.9 Å². The van der Waals surface area contributed by atoms with Crippen LogP contribution in [0.3, 0.4) is 0 Å². The molecule has 1 saturated carbocycles. The van der Waals surface area contributed by atoms with E-state index in [1.165, 1.54) is 6.07 Å². The summed E-state index contributed by atoms with van der Waals surface area (Å²) >= 11 is 0. The average molecular weight is 345 g/mol. The lowest BCUT2D eigenvalue weighted by atomic mass is 9.92. The van der Waals surface area contributed by atoms with Gasteiger partial charge < -0.3 is 4.52 Å². The van der Waals surface area contributed by atoms with Crippen molar-refractivity contribution < 1.29 is 13.7 Å². The Morgan fingerprint density at radius 3 is 2.68 bits per heavy atom. The molecule has 1 heterocycles. The molecular formula is C19H24FN3O2. The van der Waals surface area contributed by atoms with E-state index < -0.39 is 0 Å². The fourth-order valence-corrected chi connectivity index (χ4v) is 2.65. The highest BCUT2D eigenvalue weighted by molar-refractivity contribution is 5.91. The van der Waals surface area contributed by atoms with Gasteiger partial charge in [0.2, 0.25) is 11.8 Å². The molecule has 3 rings (SSSR count). The Hall–Kier alpha value is -2.21. The maximum atomic E-state index is 13.9. The first-order valence-electron chi connectivity index (χ1n) is 8.57. The summed E-state index contributed by atoms with van der Waals surface area (Å²) in [5.74, 6) is -0.0741. The molecule has 0 spiro atoms. The molecule has 6 heteroatoms. The van der Waals surface area contributed by atoms with Crippen LogP contribution >= 0.6 is 0 Å². The van der Waals surface area contributed by atoms with Gasteiger partial charge in [0.1, 0.15) is 5.82 Å². The maximum Gasteiger partial charge on any atom is 0.240 e. The van der Waals surface area contributed by atoms with E-state index in [1.54, 1.807) is 18.2 Å². The highest BCUT2D eigenvalue weighted by Gasteiger charge is 2.31. The van der Waals surface area contributed by atoms with Gasteiger partial charge in [-0.1, -0.05) is 44.1 Å². The smallest absolute Gasteiger partial charge is 0.240 e. The zero-order chi connectivity index (χ0) is 18.0. The number of carbonyl (C=O) groups is 1. The number of halogens is 1. The Morgan fingerprint density at radius 1 is 1.36 bits per heavy atom. The highest BCUT2D eigenvalue weighted by Crippen LogP contribution is 2.29. The van der Waals surface area contributed by atoms with Gasteiger partial charge in [0.15, 0.2) is 0 Å². The first kappa shape index (κ1) is 17.6. The van der Waals surface area contributed by atoms with Gasteiger partial charge >= 0.3 is 0 Å². The van der Waals surface area contributed by atoms with Crippen LogP contribution in [-0.2, 0) is 16.8 Å². The van der Waals surface area contributed by atoms with Crippen LogP contribution in [0.1, 0.15) is 44.9 Å². The minimum atomic E-state index is -0.237. The highest BCUT2D eigenvalue weighted by atomic mass is 19.1. The van der Waals surface area contributed by atoms with E-state index >= 15 is 0 Å². The van der Waals surface area contributed by atoms with Crippen molar-refractivity contribution in [2.45, 2.75) is 51.6 Å². The van der Waals surface area contributed by atoms with Crippen molar-refractivity contribution in [1.82, 2.24) is 10.1 Å². The molecule has 1 aliphatic carbocycles. The van der Waals surface area contributed by atoms with E-state index in [4.69, 9.17) is 4.52 Å². The Balaban J connectivity index is 1.62. The second-order valence-corrected chi connectivity index (χ2v) is 7.60.